The summed E-state index contributed by atoms with van der Waals surface area (Å²) >= 11 is 1.64. The van der Waals surface area contributed by atoms with Crippen molar-refractivity contribution in [2.75, 3.05) is 11.9 Å². The van der Waals surface area contributed by atoms with Crippen LogP contribution in [0.2, 0.25) is 0 Å². The van der Waals surface area contributed by atoms with Crippen LogP contribution in [0, 0.1) is 6.92 Å². The Kier molecular flexibility index (Phi) is 5.18. The lowest BCUT2D eigenvalue weighted by Crippen LogP contribution is -2.24. The predicted octanol–water partition coefficient (Wildman–Crippen LogP) is 3.81. The summed E-state index contributed by atoms with van der Waals surface area (Å²) in [5, 5.41) is 10.3. The number of rotatable bonds is 6. The molecule has 0 bridgehead atoms. The van der Waals surface area contributed by atoms with E-state index in [1.807, 2.05) is 41.9 Å². The van der Waals surface area contributed by atoms with E-state index in [0.29, 0.717) is 12.1 Å². The van der Waals surface area contributed by atoms with Gasteiger partial charge in [-0.3, -0.25) is 4.79 Å². The van der Waals surface area contributed by atoms with Crippen LogP contribution < -0.4 is 10.6 Å². The van der Waals surface area contributed by atoms with Crippen molar-refractivity contribution in [3.8, 4) is 0 Å². The average molecular weight is 288 g/mol. The Morgan fingerprint density at radius 2 is 2.15 bits per heavy atom. The van der Waals surface area contributed by atoms with E-state index in [1.54, 1.807) is 11.3 Å². The fraction of sp³-hybridized carbons (Fsp3) is 0.312. The highest BCUT2D eigenvalue weighted by Crippen LogP contribution is 2.18. The summed E-state index contributed by atoms with van der Waals surface area (Å²) in [4.78, 5) is 12.3. The minimum atomic E-state index is -0.0292. The number of thiophene rings is 1. The third kappa shape index (κ3) is 3.84. The van der Waals surface area contributed by atoms with Crippen LogP contribution in [0.1, 0.15) is 34.8 Å². The van der Waals surface area contributed by atoms with Gasteiger partial charge in [-0.25, -0.2) is 0 Å². The monoisotopic (exact) mass is 288 g/mol. The molecule has 1 aromatic carbocycles. The number of hydrogen-bond donors (Lipinski definition) is 2. The zero-order chi connectivity index (χ0) is 14.4. The molecule has 1 heterocycles. The van der Waals surface area contributed by atoms with Crippen molar-refractivity contribution in [2.24, 2.45) is 0 Å². The summed E-state index contributed by atoms with van der Waals surface area (Å²) in [6, 6.07) is 7.95. The smallest absolute Gasteiger partial charge is 0.253 e. The number of hydrogen-bond acceptors (Lipinski definition) is 3. The summed E-state index contributed by atoms with van der Waals surface area (Å²) in [5.41, 5.74) is 3.85. The molecule has 3 nitrogen and oxygen atoms in total. The van der Waals surface area contributed by atoms with Crippen molar-refractivity contribution in [3.05, 3.63) is 51.7 Å². The van der Waals surface area contributed by atoms with Crippen LogP contribution in [0.15, 0.2) is 35.0 Å². The lowest BCUT2D eigenvalue weighted by Gasteiger charge is -2.12. The number of anilines is 1. The van der Waals surface area contributed by atoms with E-state index in [0.717, 1.165) is 29.8 Å². The van der Waals surface area contributed by atoms with Crippen molar-refractivity contribution in [1.82, 2.24) is 5.32 Å². The summed E-state index contributed by atoms with van der Waals surface area (Å²) < 4.78 is 0. The van der Waals surface area contributed by atoms with Crippen LogP contribution in [0.5, 0.6) is 0 Å². The molecule has 2 N–H and O–H groups in total. The van der Waals surface area contributed by atoms with Gasteiger partial charge in [0.1, 0.15) is 0 Å². The van der Waals surface area contributed by atoms with Gasteiger partial charge >= 0.3 is 0 Å². The van der Waals surface area contributed by atoms with E-state index >= 15 is 0 Å². The molecule has 20 heavy (non-hydrogen) atoms. The summed E-state index contributed by atoms with van der Waals surface area (Å²) in [5.74, 6) is -0.0292. The number of carbonyl (C=O) groups is 1. The molecule has 0 aliphatic carbocycles. The molecule has 0 aliphatic heterocycles. The van der Waals surface area contributed by atoms with Crippen LogP contribution in [0.25, 0.3) is 0 Å². The molecule has 0 spiro atoms. The Balaban J connectivity index is 2.08. The number of aryl methyl sites for hydroxylation is 1. The van der Waals surface area contributed by atoms with Crippen LogP contribution in [0.3, 0.4) is 0 Å². The molecule has 0 saturated heterocycles. The minimum Gasteiger partial charge on any atom is -0.384 e. The van der Waals surface area contributed by atoms with Gasteiger partial charge in [0.25, 0.3) is 5.91 Å². The highest BCUT2D eigenvalue weighted by molar-refractivity contribution is 7.07. The maximum absolute atomic E-state index is 12.3. The van der Waals surface area contributed by atoms with Gasteiger partial charge in [0, 0.05) is 18.8 Å². The molecule has 2 rings (SSSR count). The van der Waals surface area contributed by atoms with Gasteiger partial charge in [0.15, 0.2) is 0 Å². The number of amides is 1. The zero-order valence-corrected chi connectivity index (χ0v) is 12.7. The second-order valence-corrected chi connectivity index (χ2v) is 5.57. The van der Waals surface area contributed by atoms with Crippen molar-refractivity contribution in [3.63, 3.8) is 0 Å². The Bertz CT molecular complexity index is 564. The first-order valence-corrected chi connectivity index (χ1v) is 7.78. The number of carbonyl (C=O) groups excluding carboxylic acids is 1. The van der Waals surface area contributed by atoms with Crippen molar-refractivity contribution in [2.45, 2.75) is 26.8 Å². The van der Waals surface area contributed by atoms with Crippen molar-refractivity contribution >= 4 is 22.9 Å². The summed E-state index contributed by atoms with van der Waals surface area (Å²) in [7, 11) is 0. The largest absolute Gasteiger partial charge is 0.384 e. The topological polar surface area (TPSA) is 41.1 Å². The third-order valence-corrected chi connectivity index (χ3v) is 3.75. The first-order chi connectivity index (χ1) is 9.70. The molecule has 2 aromatic rings. The average Bonchev–Trinajstić information content (AvgIpc) is 2.96. The maximum atomic E-state index is 12.3. The predicted molar refractivity (Wildman–Crippen MR) is 85.4 cm³/mol. The zero-order valence-electron chi connectivity index (χ0n) is 11.9. The molecule has 0 fully saturated rings. The standard InChI is InChI=1S/C16H20N2OS/c1-3-7-17-15-5-4-12(2)9-14(15)16(19)18-10-13-6-8-20-11-13/h4-6,8-9,11,17H,3,7,10H2,1-2H3,(H,18,19). The van der Waals surface area contributed by atoms with Gasteiger partial charge in [0.05, 0.1) is 5.56 Å². The van der Waals surface area contributed by atoms with Crippen molar-refractivity contribution in [1.29, 1.82) is 0 Å². The lowest BCUT2D eigenvalue weighted by molar-refractivity contribution is 0.0951. The molecule has 106 valence electrons. The summed E-state index contributed by atoms with van der Waals surface area (Å²) in [6.07, 6.45) is 1.03. The molecule has 0 saturated carbocycles. The molecule has 0 aliphatic rings. The van der Waals surface area contributed by atoms with Gasteiger partial charge < -0.3 is 10.6 Å². The molecular weight excluding hydrogens is 268 g/mol. The van der Waals surface area contributed by atoms with Gasteiger partial charge in [-0.2, -0.15) is 11.3 Å². The molecular formula is C16H20N2OS. The number of nitrogens with one attached hydrogen (secondary N) is 2. The molecule has 1 amide bonds. The van der Waals surface area contributed by atoms with Gasteiger partial charge in [-0.15, -0.1) is 0 Å². The van der Waals surface area contributed by atoms with E-state index in [9.17, 15) is 4.79 Å². The third-order valence-electron chi connectivity index (χ3n) is 3.02. The fourth-order valence-electron chi connectivity index (χ4n) is 1.93. The van der Waals surface area contributed by atoms with Gasteiger partial charge in [0.2, 0.25) is 0 Å². The molecule has 0 radical (unpaired) electrons. The minimum absolute atomic E-state index is 0.0292. The molecule has 0 unspecified atom stereocenters. The second kappa shape index (κ2) is 7.10. The van der Waals surface area contributed by atoms with Crippen LogP contribution in [-0.4, -0.2) is 12.5 Å². The lowest BCUT2D eigenvalue weighted by atomic mass is 10.1. The fourth-order valence-corrected chi connectivity index (χ4v) is 2.60. The molecule has 4 heteroatoms. The van der Waals surface area contributed by atoms with E-state index in [1.165, 1.54) is 0 Å². The van der Waals surface area contributed by atoms with Crippen LogP contribution >= 0.6 is 11.3 Å². The van der Waals surface area contributed by atoms with E-state index in [-0.39, 0.29) is 5.91 Å². The second-order valence-electron chi connectivity index (χ2n) is 4.79. The Morgan fingerprint density at radius 3 is 2.85 bits per heavy atom. The quantitative estimate of drug-likeness (QED) is 0.848. The van der Waals surface area contributed by atoms with Crippen molar-refractivity contribution < 1.29 is 4.79 Å². The van der Waals surface area contributed by atoms with E-state index in [4.69, 9.17) is 0 Å². The molecule has 1 aromatic heterocycles. The van der Waals surface area contributed by atoms with Crippen LogP contribution in [0.4, 0.5) is 5.69 Å². The Labute approximate surface area is 124 Å². The highest BCUT2D eigenvalue weighted by Gasteiger charge is 2.11. The first-order valence-electron chi connectivity index (χ1n) is 6.84. The van der Waals surface area contributed by atoms with Gasteiger partial charge in [-0.05, 0) is 47.9 Å². The Hall–Kier alpha value is -1.81. The van der Waals surface area contributed by atoms with Crippen LogP contribution in [-0.2, 0) is 6.54 Å². The van der Waals surface area contributed by atoms with Gasteiger partial charge in [-0.1, -0.05) is 18.6 Å². The highest BCUT2D eigenvalue weighted by atomic mass is 32.1. The first kappa shape index (κ1) is 14.6. The van der Waals surface area contributed by atoms with E-state index in [2.05, 4.69) is 17.6 Å². The SMILES string of the molecule is CCCNc1ccc(C)cc1C(=O)NCc1ccsc1. The number of benzene rings is 1. The molecule has 0 atom stereocenters. The summed E-state index contributed by atoms with van der Waals surface area (Å²) in [6.45, 7) is 5.55. The Morgan fingerprint density at radius 1 is 1.30 bits per heavy atom. The maximum Gasteiger partial charge on any atom is 0.253 e. The van der Waals surface area contributed by atoms with E-state index < -0.39 is 0 Å². The normalized spacial score (nSPS) is 10.3.